The number of nitrogens with one attached hydrogen (secondary N) is 2. The predicted octanol–water partition coefficient (Wildman–Crippen LogP) is 3.12. The number of methoxy groups -OCH3 is 1. The van der Waals surface area contributed by atoms with E-state index in [9.17, 15) is 19.5 Å². The predicted molar refractivity (Wildman–Crippen MR) is 124 cm³/mol. The molecule has 0 saturated carbocycles. The first-order valence-corrected chi connectivity index (χ1v) is 10.7. The Labute approximate surface area is 191 Å². The van der Waals surface area contributed by atoms with Crippen LogP contribution in [0.2, 0.25) is 0 Å². The van der Waals surface area contributed by atoms with Gasteiger partial charge < -0.3 is 20.5 Å². The normalized spacial score (nSPS) is 12.7. The van der Waals surface area contributed by atoms with Crippen LogP contribution < -0.4 is 10.6 Å². The van der Waals surface area contributed by atoms with Gasteiger partial charge >= 0.3 is 11.9 Å². The number of ether oxygens (including phenoxy) is 1. The van der Waals surface area contributed by atoms with Crippen LogP contribution in [-0.2, 0) is 14.3 Å². The fourth-order valence-electron chi connectivity index (χ4n) is 3.48. The highest BCUT2D eigenvalue weighted by atomic mass is 16.5. The summed E-state index contributed by atoms with van der Waals surface area (Å²) in [5.41, 5.74) is 3.27. The van der Waals surface area contributed by atoms with Gasteiger partial charge in [-0.15, -0.1) is 0 Å². The number of carboxylic acid groups (broad SMARTS) is 1. The van der Waals surface area contributed by atoms with Crippen molar-refractivity contribution in [1.29, 1.82) is 0 Å². The largest absolute Gasteiger partial charge is 0.480 e. The topological polar surface area (TPSA) is 122 Å². The minimum atomic E-state index is -1.07. The van der Waals surface area contributed by atoms with Gasteiger partial charge in [0.1, 0.15) is 29.7 Å². The zero-order valence-electron chi connectivity index (χ0n) is 19.1. The van der Waals surface area contributed by atoms with Crippen LogP contribution >= 0.6 is 0 Å². The molecule has 0 aliphatic rings. The van der Waals surface area contributed by atoms with Crippen LogP contribution in [0.15, 0.2) is 42.6 Å². The van der Waals surface area contributed by atoms with Crippen LogP contribution in [0, 0.1) is 12.8 Å². The fraction of sp³-hybridized carbons (Fsp3) is 0.333. The molecule has 3 rings (SSSR count). The average Bonchev–Trinajstić information content (AvgIpc) is 3.17. The monoisotopic (exact) mass is 452 g/mol. The maximum atomic E-state index is 12.8. The lowest BCUT2D eigenvalue weighted by Gasteiger charge is -2.20. The highest BCUT2D eigenvalue weighted by Gasteiger charge is 2.26. The van der Waals surface area contributed by atoms with E-state index in [2.05, 4.69) is 15.6 Å². The van der Waals surface area contributed by atoms with Crippen molar-refractivity contribution in [3.63, 3.8) is 0 Å². The molecule has 0 aliphatic carbocycles. The summed E-state index contributed by atoms with van der Waals surface area (Å²) < 4.78 is 6.47. The molecule has 0 aliphatic heterocycles. The highest BCUT2D eigenvalue weighted by Crippen LogP contribution is 2.29. The quantitative estimate of drug-likeness (QED) is 0.426. The molecule has 0 saturated heterocycles. The number of aryl methyl sites for hydroxylation is 1. The average molecular weight is 453 g/mol. The Bertz CT molecular complexity index is 1190. The second-order valence-electron chi connectivity index (χ2n) is 7.93. The Kier molecular flexibility index (Phi) is 7.32. The Morgan fingerprint density at radius 1 is 1.21 bits per heavy atom. The molecule has 33 heavy (non-hydrogen) atoms. The van der Waals surface area contributed by atoms with Crippen molar-refractivity contribution in [3.05, 3.63) is 53.7 Å². The zero-order chi connectivity index (χ0) is 24.1. The number of carbonyl (C=O) groups is 3. The lowest BCUT2D eigenvalue weighted by molar-refractivity contribution is -0.140. The number of hydrogen-bond donors (Lipinski definition) is 3. The molecule has 2 aromatic heterocycles. The van der Waals surface area contributed by atoms with Crippen molar-refractivity contribution in [1.82, 2.24) is 14.7 Å². The Morgan fingerprint density at radius 3 is 2.61 bits per heavy atom. The molecular weight excluding hydrogens is 424 g/mol. The number of benzene rings is 1. The third kappa shape index (κ3) is 5.31. The summed E-state index contributed by atoms with van der Waals surface area (Å²) in [5.74, 6) is -1.63. The summed E-state index contributed by atoms with van der Waals surface area (Å²) in [6.45, 7) is 5.57. The lowest BCUT2D eigenvalue weighted by Crippen LogP contribution is -2.45. The van der Waals surface area contributed by atoms with E-state index in [4.69, 9.17) is 4.74 Å². The van der Waals surface area contributed by atoms with E-state index < -0.39 is 23.9 Å². The van der Waals surface area contributed by atoms with E-state index in [1.165, 1.54) is 7.11 Å². The molecule has 9 nitrogen and oxygen atoms in total. The number of pyridine rings is 1. The molecule has 0 radical (unpaired) electrons. The second-order valence-corrected chi connectivity index (χ2v) is 7.93. The summed E-state index contributed by atoms with van der Waals surface area (Å²) >= 11 is 0. The number of esters is 1. The first-order valence-electron chi connectivity index (χ1n) is 10.7. The summed E-state index contributed by atoms with van der Waals surface area (Å²) in [6.07, 6.45) is 2.28. The molecule has 2 heterocycles. The summed E-state index contributed by atoms with van der Waals surface area (Å²) in [6, 6.07) is 9.96. The van der Waals surface area contributed by atoms with Gasteiger partial charge in [0.05, 0.1) is 7.11 Å². The minimum absolute atomic E-state index is 0.0550. The van der Waals surface area contributed by atoms with Crippen LogP contribution in [-0.4, -0.2) is 52.0 Å². The van der Waals surface area contributed by atoms with E-state index >= 15 is 0 Å². The summed E-state index contributed by atoms with van der Waals surface area (Å²) in [5, 5.41) is 15.2. The zero-order valence-corrected chi connectivity index (χ0v) is 19.1. The number of aromatic nitrogens is 2. The number of fused-ring (bicyclic) bond motifs is 1. The number of imidazole rings is 1. The van der Waals surface area contributed by atoms with E-state index in [0.29, 0.717) is 23.6 Å². The molecule has 0 spiro atoms. The van der Waals surface area contributed by atoms with E-state index in [1.807, 2.05) is 38.1 Å². The Hall–Kier alpha value is -3.88. The number of carbonyl (C=O) groups excluding carboxylic acids is 2. The maximum absolute atomic E-state index is 12.8. The smallest absolute Gasteiger partial charge is 0.326 e. The number of amides is 1. The van der Waals surface area contributed by atoms with Gasteiger partial charge in [-0.05, 0) is 31.0 Å². The van der Waals surface area contributed by atoms with Crippen LogP contribution in [0.4, 0.5) is 5.82 Å². The van der Waals surface area contributed by atoms with Crippen LogP contribution in [0.5, 0.6) is 0 Å². The van der Waals surface area contributed by atoms with Gasteiger partial charge in [0, 0.05) is 17.3 Å². The minimum Gasteiger partial charge on any atom is -0.480 e. The van der Waals surface area contributed by atoms with Crippen LogP contribution in [0.3, 0.4) is 0 Å². The standard InChI is InChI=1S/C24H28N4O5/c1-5-15(3)20(24(31)32)27-23(30)17-9-10-28-18(12-17)26-21(16-8-6-7-14(2)11-16)22(28)25-13-19(29)33-4/h6-12,15,20,25H,5,13H2,1-4H3,(H,27,30)(H,31,32). The van der Waals surface area contributed by atoms with E-state index in [0.717, 1.165) is 11.1 Å². The molecule has 2 atom stereocenters. The van der Waals surface area contributed by atoms with Gasteiger partial charge in [-0.25, -0.2) is 9.78 Å². The molecule has 3 N–H and O–H groups in total. The van der Waals surface area contributed by atoms with Gasteiger partial charge in [-0.2, -0.15) is 0 Å². The number of rotatable bonds is 9. The van der Waals surface area contributed by atoms with Crippen molar-refractivity contribution in [2.24, 2.45) is 5.92 Å². The first kappa shape index (κ1) is 23.8. The number of aliphatic carboxylic acids is 1. The van der Waals surface area contributed by atoms with Crippen molar-refractivity contribution < 1.29 is 24.2 Å². The van der Waals surface area contributed by atoms with E-state index in [1.54, 1.807) is 29.7 Å². The maximum Gasteiger partial charge on any atom is 0.326 e. The molecule has 1 amide bonds. The van der Waals surface area contributed by atoms with Gasteiger partial charge in [0.2, 0.25) is 0 Å². The Balaban J connectivity index is 2.01. The SMILES string of the molecule is CCC(C)C(NC(=O)c1ccn2c(NCC(=O)OC)c(-c3cccc(C)c3)nc2c1)C(=O)O. The van der Waals surface area contributed by atoms with Crippen molar-refractivity contribution >= 4 is 29.3 Å². The molecule has 0 fully saturated rings. The van der Waals surface area contributed by atoms with E-state index in [-0.39, 0.29) is 18.0 Å². The van der Waals surface area contributed by atoms with Gasteiger partial charge in [-0.1, -0.05) is 44.0 Å². The van der Waals surface area contributed by atoms with Crippen LogP contribution in [0.25, 0.3) is 16.9 Å². The Morgan fingerprint density at radius 2 is 1.97 bits per heavy atom. The van der Waals surface area contributed by atoms with Gasteiger partial charge in [0.15, 0.2) is 0 Å². The molecule has 9 heteroatoms. The second kappa shape index (κ2) is 10.2. The van der Waals surface area contributed by atoms with Crippen molar-refractivity contribution in [2.45, 2.75) is 33.2 Å². The third-order valence-corrected chi connectivity index (χ3v) is 5.57. The molecule has 174 valence electrons. The molecule has 2 unspecified atom stereocenters. The summed E-state index contributed by atoms with van der Waals surface area (Å²) in [4.78, 5) is 40.8. The fourth-order valence-corrected chi connectivity index (χ4v) is 3.48. The number of carboxylic acids is 1. The van der Waals surface area contributed by atoms with Crippen LogP contribution in [0.1, 0.15) is 36.2 Å². The van der Waals surface area contributed by atoms with Gasteiger partial charge in [0.25, 0.3) is 5.91 Å². The molecular formula is C24H28N4O5. The number of nitrogens with zero attached hydrogens (tertiary/aromatic N) is 2. The van der Waals surface area contributed by atoms with Crippen molar-refractivity contribution in [2.75, 3.05) is 19.0 Å². The lowest BCUT2D eigenvalue weighted by atomic mass is 9.99. The first-order chi connectivity index (χ1) is 15.7. The number of hydrogen-bond acceptors (Lipinski definition) is 6. The molecule has 3 aromatic rings. The summed E-state index contributed by atoms with van der Waals surface area (Å²) in [7, 11) is 1.31. The van der Waals surface area contributed by atoms with Gasteiger partial charge in [-0.3, -0.25) is 14.0 Å². The third-order valence-electron chi connectivity index (χ3n) is 5.57. The van der Waals surface area contributed by atoms with Crippen molar-refractivity contribution in [3.8, 4) is 11.3 Å². The molecule has 1 aromatic carbocycles. The molecule has 0 bridgehead atoms. The number of anilines is 1. The highest BCUT2D eigenvalue weighted by molar-refractivity contribution is 5.97.